The molecule has 1 amide bonds. The van der Waals surface area contributed by atoms with Crippen molar-refractivity contribution in [3.63, 3.8) is 0 Å². The Morgan fingerprint density at radius 3 is 2.85 bits per heavy atom. The van der Waals surface area contributed by atoms with E-state index in [4.69, 9.17) is 5.73 Å². The first-order valence-corrected chi connectivity index (χ1v) is 7.33. The number of hydrogen-bond donors (Lipinski definition) is 3. The van der Waals surface area contributed by atoms with E-state index in [0.29, 0.717) is 17.3 Å². The maximum atomic E-state index is 11.6. The van der Waals surface area contributed by atoms with Crippen molar-refractivity contribution in [1.82, 2.24) is 10.3 Å². The van der Waals surface area contributed by atoms with Crippen LogP contribution in [-0.2, 0) is 12.8 Å². The van der Waals surface area contributed by atoms with Gasteiger partial charge >= 0.3 is 0 Å². The van der Waals surface area contributed by atoms with Gasteiger partial charge in [-0.1, -0.05) is 6.92 Å². The van der Waals surface area contributed by atoms with Crippen LogP contribution >= 0.6 is 0 Å². The third-order valence-electron chi connectivity index (χ3n) is 3.74. The van der Waals surface area contributed by atoms with Crippen LogP contribution in [0.4, 0.5) is 5.82 Å². The molecule has 1 unspecified atom stereocenters. The molecule has 4 N–H and O–H groups in total. The Morgan fingerprint density at radius 1 is 1.40 bits per heavy atom. The van der Waals surface area contributed by atoms with Crippen LogP contribution in [0.3, 0.4) is 0 Å². The van der Waals surface area contributed by atoms with Crippen LogP contribution in [0.1, 0.15) is 41.4 Å². The number of nitrogens with one attached hydrogen (secondary N) is 2. The molecule has 0 saturated carbocycles. The normalized spacial score (nSPS) is 15.5. The summed E-state index contributed by atoms with van der Waals surface area (Å²) in [6, 6.07) is 1.93. The van der Waals surface area contributed by atoms with Crippen molar-refractivity contribution in [2.24, 2.45) is 11.7 Å². The van der Waals surface area contributed by atoms with Gasteiger partial charge in [0.1, 0.15) is 5.82 Å². The zero-order valence-corrected chi connectivity index (χ0v) is 12.3. The summed E-state index contributed by atoms with van der Waals surface area (Å²) in [5.41, 5.74) is 8.29. The van der Waals surface area contributed by atoms with E-state index in [1.807, 2.05) is 13.1 Å². The number of carbonyl (C=O) groups is 1. The number of hydrogen-bond acceptors (Lipinski definition) is 4. The first-order chi connectivity index (χ1) is 9.61. The molecule has 5 heteroatoms. The molecule has 0 spiro atoms. The molecule has 1 aromatic heterocycles. The Hall–Kier alpha value is -1.62. The average Bonchev–Trinajstić information content (AvgIpc) is 2.44. The molecule has 1 heterocycles. The standard InChI is InChI=1S/C15H24N4O/c1-10(8-17-2)9-18-15-12(14(16)20)7-11-5-3-4-6-13(11)19-15/h7,10,17H,3-6,8-9H2,1-2H3,(H2,16,20)(H,18,19). The smallest absolute Gasteiger partial charge is 0.252 e. The Kier molecular flexibility index (Phi) is 4.95. The Labute approximate surface area is 120 Å². The zero-order chi connectivity index (χ0) is 14.5. The number of nitrogens with zero attached hydrogens (tertiary/aromatic N) is 1. The first kappa shape index (κ1) is 14.8. The van der Waals surface area contributed by atoms with Crippen molar-refractivity contribution in [3.8, 4) is 0 Å². The molecule has 0 bridgehead atoms. The van der Waals surface area contributed by atoms with Gasteiger partial charge in [0, 0.05) is 12.2 Å². The van der Waals surface area contributed by atoms with E-state index in [1.54, 1.807) is 0 Å². The fourth-order valence-corrected chi connectivity index (χ4v) is 2.65. The third kappa shape index (κ3) is 3.48. The molecule has 0 fully saturated rings. The molecular formula is C15H24N4O. The van der Waals surface area contributed by atoms with Crippen molar-refractivity contribution in [2.45, 2.75) is 32.6 Å². The molecule has 0 aromatic carbocycles. The van der Waals surface area contributed by atoms with E-state index in [2.05, 4.69) is 22.5 Å². The van der Waals surface area contributed by atoms with Crippen LogP contribution < -0.4 is 16.4 Å². The summed E-state index contributed by atoms with van der Waals surface area (Å²) < 4.78 is 0. The monoisotopic (exact) mass is 276 g/mol. The summed E-state index contributed by atoms with van der Waals surface area (Å²) in [7, 11) is 1.93. The third-order valence-corrected chi connectivity index (χ3v) is 3.74. The molecule has 110 valence electrons. The first-order valence-electron chi connectivity index (χ1n) is 7.33. The summed E-state index contributed by atoms with van der Waals surface area (Å²) in [5.74, 6) is 0.689. The largest absolute Gasteiger partial charge is 0.369 e. The average molecular weight is 276 g/mol. The van der Waals surface area contributed by atoms with E-state index in [1.165, 1.54) is 18.4 Å². The maximum Gasteiger partial charge on any atom is 0.252 e. The number of pyridine rings is 1. The second-order valence-corrected chi connectivity index (χ2v) is 5.61. The van der Waals surface area contributed by atoms with Crippen LogP contribution in [-0.4, -0.2) is 31.0 Å². The van der Waals surface area contributed by atoms with E-state index >= 15 is 0 Å². The summed E-state index contributed by atoms with van der Waals surface area (Å²) in [6.07, 6.45) is 4.33. The van der Waals surface area contributed by atoms with E-state index in [9.17, 15) is 4.79 Å². The number of primary amides is 1. The predicted octanol–water partition coefficient (Wildman–Crippen LogP) is 1.33. The molecule has 5 nitrogen and oxygen atoms in total. The second kappa shape index (κ2) is 6.70. The molecule has 0 saturated heterocycles. The molecule has 1 aromatic rings. The van der Waals surface area contributed by atoms with Crippen molar-refractivity contribution < 1.29 is 4.79 Å². The summed E-state index contributed by atoms with van der Waals surface area (Å²) in [4.78, 5) is 16.2. The second-order valence-electron chi connectivity index (χ2n) is 5.61. The van der Waals surface area contributed by atoms with Gasteiger partial charge in [0.15, 0.2) is 0 Å². The van der Waals surface area contributed by atoms with Gasteiger partial charge in [0.05, 0.1) is 5.56 Å². The number of carbonyl (C=O) groups excluding carboxylic acids is 1. The van der Waals surface area contributed by atoms with E-state index in [0.717, 1.165) is 31.6 Å². The molecule has 2 rings (SSSR count). The van der Waals surface area contributed by atoms with Crippen molar-refractivity contribution >= 4 is 11.7 Å². The highest BCUT2D eigenvalue weighted by molar-refractivity contribution is 5.97. The summed E-state index contributed by atoms with van der Waals surface area (Å²) >= 11 is 0. The van der Waals surface area contributed by atoms with Crippen LogP contribution in [0.2, 0.25) is 0 Å². The van der Waals surface area contributed by atoms with Gasteiger partial charge in [-0.2, -0.15) is 0 Å². The van der Waals surface area contributed by atoms with Crippen molar-refractivity contribution in [1.29, 1.82) is 0 Å². The van der Waals surface area contributed by atoms with Crippen LogP contribution in [0.25, 0.3) is 0 Å². The van der Waals surface area contributed by atoms with Gasteiger partial charge < -0.3 is 16.4 Å². The number of aromatic nitrogens is 1. The van der Waals surface area contributed by atoms with Gasteiger partial charge in [0.25, 0.3) is 5.91 Å². The van der Waals surface area contributed by atoms with Crippen LogP contribution in [0, 0.1) is 5.92 Å². The lowest BCUT2D eigenvalue weighted by Gasteiger charge is -2.19. The number of rotatable bonds is 6. The minimum Gasteiger partial charge on any atom is -0.369 e. The molecule has 1 aliphatic rings. The Bertz CT molecular complexity index is 487. The zero-order valence-electron chi connectivity index (χ0n) is 12.3. The lowest BCUT2D eigenvalue weighted by Crippen LogP contribution is -2.25. The molecule has 0 aliphatic heterocycles. The fourth-order valence-electron chi connectivity index (χ4n) is 2.65. The van der Waals surface area contributed by atoms with Crippen LogP contribution in [0.15, 0.2) is 6.07 Å². The highest BCUT2D eigenvalue weighted by Gasteiger charge is 2.18. The number of fused-ring (bicyclic) bond motifs is 1. The van der Waals surface area contributed by atoms with E-state index in [-0.39, 0.29) is 0 Å². The molecule has 1 aliphatic carbocycles. The van der Waals surface area contributed by atoms with Crippen LogP contribution in [0.5, 0.6) is 0 Å². The highest BCUT2D eigenvalue weighted by Crippen LogP contribution is 2.24. The van der Waals surface area contributed by atoms with Gasteiger partial charge in [0.2, 0.25) is 0 Å². The maximum absolute atomic E-state index is 11.6. The molecule has 20 heavy (non-hydrogen) atoms. The predicted molar refractivity (Wildman–Crippen MR) is 81.0 cm³/mol. The topological polar surface area (TPSA) is 80.0 Å². The summed E-state index contributed by atoms with van der Waals surface area (Å²) in [5, 5.41) is 6.42. The number of aryl methyl sites for hydroxylation is 2. The fraction of sp³-hybridized carbons (Fsp3) is 0.600. The lowest BCUT2D eigenvalue weighted by molar-refractivity contribution is 0.100. The van der Waals surface area contributed by atoms with Crippen molar-refractivity contribution in [2.75, 3.05) is 25.5 Å². The van der Waals surface area contributed by atoms with Gasteiger partial charge in [-0.25, -0.2) is 4.98 Å². The lowest BCUT2D eigenvalue weighted by atomic mass is 9.94. The highest BCUT2D eigenvalue weighted by atomic mass is 16.1. The molecule has 0 radical (unpaired) electrons. The minimum absolute atomic E-state index is 0.408. The van der Waals surface area contributed by atoms with E-state index < -0.39 is 5.91 Å². The van der Waals surface area contributed by atoms with Gasteiger partial charge in [-0.3, -0.25) is 4.79 Å². The molecular weight excluding hydrogens is 252 g/mol. The SMILES string of the molecule is CNCC(C)CNc1nc2c(cc1C(N)=O)CCCC2. The molecule has 1 atom stereocenters. The quantitative estimate of drug-likeness (QED) is 0.732. The van der Waals surface area contributed by atoms with Crippen molar-refractivity contribution in [3.05, 3.63) is 22.9 Å². The summed E-state index contributed by atoms with van der Waals surface area (Å²) in [6.45, 7) is 3.84. The Morgan fingerprint density at radius 2 is 2.15 bits per heavy atom. The van der Waals surface area contributed by atoms with Gasteiger partial charge in [-0.15, -0.1) is 0 Å². The minimum atomic E-state index is -0.408. The Balaban J connectivity index is 2.19. The van der Waals surface area contributed by atoms with Gasteiger partial charge in [-0.05, 0) is 56.8 Å². The number of nitrogens with two attached hydrogens (primary N) is 1. The number of anilines is 1. The number of amides is 1.